The Morgan fingerprint density at radius 2 is 1.45 bits per heavy atom. The van der Waals surface area contributed by atoms with E-state index in [4.69, 9.17) is 4.74 Å². The third-order valence-electron chi connectivity index (χ3n) is 5.19. The van der Waals surface area contributed by atoms with Crippen LogP contribution in [0.1, 0.15) is 76.7 Å². The molecule has 7 heteroatoms. The van der Waals surface area contributed by atoms with Gasteiger partial charge in [-0.15, -0.1) is 0 Å². The molecular formula is C24H33KO5S. The van der Waals surface area contributed by atoms with Crippen molar-refractivity contribution in [2.45, 2.75) is 82.4 Å². The average molecular weight is 473 g/mol. The normalized spacial score (nSPS) is 11.2. The Balaban J connectivity index is 0.00000480. The maximum atomic E-state index is 11.8. The van der Waals surface area contributed by atoms with Crippen LogP contribution in [0.15, 0.2) is 47.4 Å². The van der Waals surface area contributed by atoms with Gasteiger partial charge in [0, 0.05) is 6.07 Å². The molecule has 0 bridgehead atoms. The Labute approximate surface area is 229 Å². The zero-order valence-electron chi connectivity index (χ0n) is 18.8. The van der Waals surface area contributed by atoms with Gasteiger partial charge in [-0.25, -0.2) is 0 Å². The third kappa shape index (κ3) is 10.8. The van der Waals surface area contributed by atoms with Crippen molar-refractivity contribution in [2.75, 3.05) is 0 Å². The predicted molar refractivity (Wildman–Crippen MR) is 118 cm³/mol. The van der Waals surface area contributed by atoms with Crippen LogP contribution >= 0.6 is 0 Å². The van der Waals surface area contributed by atoms with E-state index in [1.807, 2.05) is 0 Å². The van der Waals surface area contributed by atoms with Crippen LogP contribution in [0.4, 0.5) is 0 Å². The summed E-state index contributed by atoms with van der Waals surface area (Å²) in [5.41, 5.74) is 0.569. The van der Waals surface area contributed by atoms with Crippen molar-refractivity contribution in [3.63, 3.8) is 0 Å². The van der Waals surface area contributed by atoms with E-state index in [9.17, 15) is 18.1 Å². The van der Waals surface area contributed by atoms with Gasteiger partial charge >= 0.3 is 51.4 Å². The van der Waals surface area contributed by atoms with Gasteiger partial charge in [-0.1, -0.05) is 94.7 Å². The van der Waals surface area contributed by atoms with Crippen molar-refractivity contribution in [1.29, 1.82) is 0 Å². The summed E-state index contributed by atoms with van der Waals surface area (Å²) < 4.78 is 38.8. The Bertz CT molecular complexity index is 883. The van der Waals surface area contributed by atoms with Gasteiger partial charge in [0.05, 0.1) is 0 Å². The minimum Gasteiger partial charge on any atom is -0.870 e. The first-order valence-electron chi connectivity index (χ1n) is 11.0. The topological polar surface area (TPSA) is 86.7 Å². The fourth-order valence-corrected chi connectivity index (χ4v) is 4.28. The first-order valence-corrected chi connectivity index (χ1v) is 12.4. The molecule has 0 heterocycles. The van der Waals surface area contributed by atoms with Crippen LogP contribution < -0.4 is 61.2 Å². The molecule has 0 amide bonds. The number of hydrogen-bond donors (Lipinski definition) is 1. The standard InChI is InChI=1S/C24H34O5S.K/c1-2-3-4-5-6-7-8-9-10-11-14-20-17-18-21(19-24(20)30(26,27)28)29-23-16-13-12-15-22(23)25;/h12-13,15-19,25H,2-11,14H2,1H3,(H,26,27,28);/q;+1/p-1. The van der Waals surface area contributed by atoms with Crippen molar-refractivity contribution in [1.82, 2.24) is 0 Å². The van der Waals surface area contributed by atoms with Gasteiger partial charge in [-0.05, 0) is 30.5 Å². The van der Waals surface area contributed by atoms with Crippen LogP contribution in [0.3, 0.4) is 0 Å². The molecule has 0 unspecified atom stereocenters. The zero-order valence-corrected chi connectivity index (χ0v) is 22.7. The summed E-state index contributed by atoms with van der Waals surface area (Å²) in [6, 6.07) is 10.7. The summed E-state index contributed by atoms with van der Waals surface area (Å²) in [4.78, 5) is -0.153. The Morgan fingerprint density at radius 1 is 0.871 bits per heavy atom. The second kappa shape index (κ2) is 15.4. The van der Waals surface area contributed by atoms with E-state index in [-0.39, 0.29) is 73.5 Å². The minimum atomic E-state index is -4.38. The van der Waals surface area contributed by atoms with E-state index in [0.29, 0.717) is 12.0 Å². The van der Waals surface area contributed by atoms with Crippen molar-refractivity contribution in [3.8, 4) is 17.2 Å². The first-order chi connectivity index (χ1) is 14.4. The third-order valence-corrected chi connectivity index (χ3v) is 6.13. The molecule has 0 aliphatic heterocycles. The maximum Gasteiger partial charge on any atom is 1.00 e. The maximum absolute atomic E-state index is 11.8. The number of rotatable bonds is 14. The molecule has 0 spiro atoms. The fraction of sp³-hybridized carbons (Fsp3) is 0.500. The average Bonchev–Trinajstić information content (AvgIpc) is 2.71. The van der Waals surface area contributed by atoms with E-state index in [1.54, 1.807) is 24.3 Å². The molecule has 0 aliphatic carbocycles. The molecule has 31 heavy (non-hydrogen) atoms. The quantitative estimate of drug-likeness (QED) is 0.259. The van der Waals surface area contributed by atoms with Crippen molar-refractivity contribution < 1.29 is 74.2 Å². The Hall–Kier alpha value is -0.414. The van der Waals surface area contributed by atoms with Gasteiger partial charge in [-0.3, -0.25) is 4.55 Å². The molecule has 0 saturated carbocycles. The summed E-state index contributed by atoms with van der Waals surface area (Å²) in [6.07, 6.45) is 12.6. The van der Waals surface area contributed by atoms with Crippen LogP contribution in [0.2, 0.25) is 0 Å². The van der Waals surface area contributed by atoms with Crippen LogP contribution in [0.25, 0.3) is 0 Å². The molecule has 2 aromatic carbocycles. The molecule has 2 rings (SSSR count). The number of benzene rings is 2. The van der Waals surface area contributed by atoms with Crippen molar-refractivity contribution >= 4 is 10.1 Å². The zero-order chi connectivity index (χ0) is 21.8. The van der Waals surface area contributed by atoms with Crippen LogP contribution in [0.5, 0.6) is 17.2 Å². The summed E-state index contributed by atoms with van der Waals surface area (Å²) in [5, 5.41) is 11.8. The first kappa shape index (κ1) is 28.6. The van der Waals surface area contributed by atoms with E-state index in [0.717, 1.165) is 19.3 Å². The van der Waals surface area contributed by atoms with Gasteiger partial charge in [0.1, 0.15) is 16.4 Å². The fourth-order valence-electron chi connectivity index (χ4n) is 3.51. The predicted octanol–water partition coefficient (Wildman–Crippen LogP) is 3.27. The molecule has 0 fully saturated rings. The molecule has 5 nitrogen and oxygen atoms in total. The molecule has 2 aromatic rings. The SMILES string of the molecule is CCCCCCCCCCCCc1ccc(Oc2ccccc2[O-])cc1S(=O)(=O)O.[K+]. The Morgan fingerprint density at radius 3 is 2.03 bits per heavy atom. The van der Waals surface area contributed by atoms with Gasteiger partial charge in [0.2, 0.25) is 0 Å². The van der Waals surface area contributed by atoms with E-state index >= 15 is 0 Å². The second-order valence-electron chi connectivity index (χ2n) is 7.73. The van der Waals surface area contributed by atoms with Crippen LogP contribution in [0, 0.1) is 0 Å². The number of aryl methyl sites for hydroxylation is 1. The molecule has 166 valence electrons. The molecule has 0 saturated heterocycles. The van der Waals surface area contributed by atoms with Gasteiger partial charge in [0.25, 0.3) is 10.1 Å². The number of para-hydroxylation sites is 2. The van der Waals surface area contributed by atoms with Gasteiger partial charge in [0.15, 0.2) is 0 Å². The summed E-state index contributed by atoms with van der Waals surface area (Å²) in [6.45, 7) is 2.22. The minimum absolute atomic E-state index is 0. The number of hydrogen-bond acceptors (Lipinski definition) is 4. The molecule has 0 atom stereocenters. The van der Waals surface area contributed by atoms with Crippen molar-refractivity contribution in [3.05, 3.63) is 48.0 Å². The smallest absolute Gasteiger partial charge is 0.870 e. The van der Waals surface area contributed by atoms with E-state index in [2.05, 4.69) is 6.92 Å². The molecule has 1 N–H and O–H groups in total. The molecule has 0 aromatic heterocycles. The summed E-state index contributed by atoms with van der Waals surface area (Å²) in [5.74, 6) is 0.0272. The monoisotopic (exact) mass is 472 g/mol. The number of ether oxygens (including phenoxy) is 1. The van der Waals surface area contributed by atoms with Gasteiger partial charge < -0.3 is 9.84 Å². The molecule has 0 radical (unpaired) electrons. The summed E-state index contributed by atoms with van der Waals surface area (Å²) >= 11 is 0. The second-order valence-corrected chi connectivity index (χ2v) is 9.12. The van der Waals surface area contributed by atoms with Crippen molar-refractivity contribution in [2.24, 2.45) is 0 Å². The largest absolute Gasteiger partial charge is 1.00 e. The van der Waals surface area contributed by atoms with Crippen LogP contribution in [-0.2, 0) is 16.5 Å². The molecule has 0 aliphatic rings. The molecular weight excluding hydrogens is 439 g/mol. The van der Waals surface area contributed by atoms with Gasteiger partial charge in [-0.2, -0.15) is 8.42 Å². The summed E-state index contributed by atoms with van der Waals surface area (Å²) in [7, 11) is -4.38. The number of unbranched alkanes of at least 4 members (excludes halogenated alkanes) is 9. The Kier molecular flexibility index (Phi) is 14.2. The van der Waals surface area contributed by atoms with E-state index in [1.165, 1.54) is 63.1 Å². The van der Waals surface area contributed by atoms with Crippen LogP contribution in [-0.4, -0.2) is 13.0 Å². The van der Waals surface area contributed by atoms with E-state index < -0.39 is 10.1 Å².